The van der Waals surface area contributed by atoms with Crippen LogP contribution < -0.4 is 5.32 Å². The van der Waals surface area contributed by atoms with Crippen molar-refractivity contribution in [2.75, 3.05) is 13.1 Å². The Morgan fingerprint density at radius 3 is 2.20 bits per heavy atom. The summed E-state index contributed by atoms with van der Waals surface area (Å²) in [6.45, 7) is 18.9. The molecule has 1 fully saturated rings. The molecule has 2 unspecified atom stereocenters. The molecule has 120 valence electrons. The van der Waals surface area contributed by atoms with E-state index >= 15 is 0 Å². The van der Waals surface area contributed by atoms with Crippen LogP contribution in [0.3, 0.4) is 0 Å². The van der Waals surface area contributed by atoms with E-state index in [1.165, 1.54) is 32.2 Å². The molecule has 1 rings (SSSR count). The topological polar surface area (TPSA) is 15.3 Å². The first-order chi connectivity index (χ1) is 9.37. The minimum atomic E-state index is 0.432. The Hall–Kier alpha value is -0.0800. The fourth-order valence-corrected chi connectivity index (χ4v) is 4.09. The van der Waals surface area contributed by atoms with Crippen LogP contribution in [0.4, 0.5) is 0 Å². The molecule has 0 radical (unpaired) electrons. The van der Waals surface area contributed by atoms with E-state index in [9.17, 15) is 0 Å². The summed E-state index contributed by atoms with van der Waals surface area (Å²) in [5.74, 6) is 0.751. The van der Waals surface area contributed by atoms with E-state index in [1.807, 2.05) is 0 Å². The Labute approximate surface area is 127 Å². The Morgan fingerprint density at radius 2 is 1.75 bits per heavy atom. The van der Waals surface area contributed by atoms with Crippen molar-refractivity contribution in [3.05, 3.63) is 0 Å². The summed E-state index contributed by atoms with van der Waals surface area (Å²) in [4.78, 5) is 2.84. The lowest BCUT2D eigenvalue weighted by molar-refractivity contribution is 0.0813. The first-order valence-corrected chi connectivity index (χ1v) is 8.86. The fraction of sp³-hybridized carbons (Fsp3) is 1.00. The predicted octanol–water partition coefficient (Wildman–Crippen LogP) is 4.30. The van der Waals surface area contributed by atoms with E-state index < -0.39 is 0 Å². The minimum Gasteiger partial charge on any atom is -0.312 e. The SMILES string of the molecule is CCNC1C(N(CC(C)C)C(CC)CC)CCC1(C)C. The zero-order chi connectivity index (χ0) is 15.3. The van der Waals surface area contributed by atoms with Crippen molar-refractivity contribution in [2.45, 2.75) is 92.3 Å². The summed E-state index contributed by atoms with van der Waals surface area (Å²) in [6, 6.07) is 2.11. The van der Waals surface area contributed by atoms with Crippen LogP contribution in [0.2, 0.25) is 0 Å². The van der Waals surface area contributed by atoms with Crippen molar-refractivity contribution in [1.82, 2.24) is 10.2 Å². The van der Waals surface area contributed by atoms with E-state index in [4.69, 9.17) is 0 Å². The number of nitrogens with zero attached hydrogens (tertiary/aromatic N) is 1. The third kappa shape index (κ3) is 4.21. The maximum atomic E-state index is 3.80. The molecule has 1 saturated carbocycles. The fourth-order valence-electron chi connectivity index (χ4n) is 4.09. The molecule has 1 aliphatic rings. The van der Waals surface area contributed by atoms with Crippen molar-refractivity contribution in [1.29, 1.82) is 0 Å². The van der Waals surface area contributed by atoms with E-state index in [-0.39, 0.29) is 0 Å². The molecule has 0 aromatic carbocycles. The minimum absolute atomic E-state index is 0.432. The molecule has 0 bridgehead atoms. The third-order valence-corrected chi connectivity index (χ3v) is 5.15. The van der Waals surface area contributed by atoms with Gasteiger partial charge in [0.2, 0.25) is 0 Å². The molecule has 2 heteroatoms. The van der Waals surface area contributed by atoms with Gasteiger partial charge in [-0.2, -0.15) is 0 Å². The standard InChI is InChI=1S/C18H38N2/c1-8-15(9-2)20(13-14(4)5)16-11-12-18(6,7)17(16)19-10-3/h14-17,19H,8-13H2,1-7H3. The second kappa shape index (κ2) is 7.79. The van der Waals surface area contributed by atoms with Crippen LogP contribution in [0.1, 0.15) is 74.1 Å². The molecule has 0 spiro atoms. The first-order valence-electron chi connectivity index (χ1n) is 8.86. The van der Waals surface area contributed by atoms with Gasteiger partial charge in [-0.05, 0) is 43.6 Å². The molecule has 20 heavy (non-hydrogen) atoms. The second-order valence-electron chi connectivity index (χ2n) is 7.69. The monoisotopic (exact) mass is 282 g/mol. The van der Waals surface area contributed by atoms with Gasteiger partial charge in [-0.1, -0.05) is 48.5 Å². The van der Waals surface area contributed by atoms with Crippen molar-refractivity contribution in [3.63, 3.8) is 0 Å². The molecule has 2 nitrogen and oxygen atoms in total. The molecule has 0 aromatic rings. The number of nitrogens with one attached hydrogen (secondary N) is 1. The van der Waals surface area contributed by atoms with Crippen molar-refractivity contribution in [3.8, 4) is 0 Å². The zero-order valence-electron chi connectivity index (χ0n) is 15.0. The lowest BCUT2D eigenvalue weighted by atomic mass is 9.85. The number of hydrogen-bond acceptors (Lipinski definition) is 2. The van der Waals surface area contributed by atoms with E-state index in [0.717, 1.165) is 24.5 Å². The highest BCUT2D eigenvalue weighted by atomic mass is 15.2. The number of rotatable bonds is 8. The molecule has 0 saturated heterocycles. The number of likely N-dealkylation sites (N-methyl/N-ethyl adjacent to an activating group) is 1. The molecule has 2 atom stereocenters. The molecule has 1 aliphatic carbocycles. The van der Waals surface area contributed by atoms with Gasteiger partial charge in [-0.15, -0.1) is 0 Å². The highest BCUT2D eigenvalue weighted by Crippen LogP contribution is 2.41. The lowest BCUT2D eigenvalue weighted by Crippen LogP contribution is -2.55. The summed E-state index contributed by atoms with van der Waals surface area (Å²) < 4.78 is 0. The molecule has 0 aromatic heterocycles. The summed E-state index contributed by atoms with van der Waals surface area (Å²) in [7, 11) is 0. The Balaban J connectivity index is 2.93. The molecular formula is C18H38N2. The molecule has 1 N–H and O–H groups in total. The Bertz CT molecular complexity index is 269. The zero-order valence-corrected chi connectivity index (χ0v) is 15.0. The van der Waals surface area contributed by atoms with Crippen molar-refractivity contribution in [2.24, 2.45) is 11.3 Å². The van der Waals surface area contributed by atoms with E-state index in [2.05, 4.69) is 58.7 Å². The maximum absolute atomic E-state index is 3.80. The summed E-state index contributed by atoms with van der Waals surface area (Å²) in [5, 5.41) is 3.80. The van der Waals surface area contributed by atoms with Gasteiger partial charge in [0.25, 0.3) is 0 Å². The van der Waals surface area contributed by atoms with Crippen LogP contribution in [0.25, 0.3) is 0 Å². The highest BCUT2D eigenvalue weighted by molar-refractivity contribution is 5.02. The van der Waals surface area contributed by atoms with Crippen LogP contribution in [0.15, 0.2) is 0 Å². The van der Waals surface area contributed by atoms with Crippen LogP contribution >= 0.6 is 0 Å². The van der Waals surface area contributed by atoms with Crippen LogP contribution in [0.5, 0.6) is 0 Å². The molecule has 0 aliphatic heterocycles. The predicted molar refractivity (Wildman–Crippen MR) is 90.2 cm³/mol. The molecule has 0 amide bonds. The van der Waals surface area contributed by atoms with Gasteiger partial charge in [0.05, 0.1) is 0 Å². The Morgan fingerprint density at radius 1 is 1.15 bits per heavy atom. The van der Waals surface area contributed by atoms with Gasteiger partial charge in [0.15, 0.2) is 0 Å². The smallest absolute Gasteiger partial charge is 0.0274 e. The largest absolute Gasteiger partial charge is 0.312 e. The van der Waals surface area contributed by atoms with Gasteiger partial charge in [-0.3, -0.25) is 4.90 Å². The van der Waals surface area contributed by atoms with Gasteiger partial charge in [0, 0.05) is 24.7 Å². The van der Waals surface area contributed by atoms with Gasteiger partial charge in [0.1, 0.15) is 0 Å². The highest BCUT2D eigenvalue weighted by Gasteiger charge is 2.44. The van der Waals surface area contributed by atoms with Gasteiger partial charge in [-0.25, -0.2) is 0 Å². The quantitative estimate of drug-likeness (QED) is 0.714. The summed E-state index contributed by atoms with van der Waals surface area (Å²) >= 11 is 0. The normalized spacial score (nSPS) is 26.1. The third-order valence-electron chi connectivity index (χ3n) is 5.15. The van der Waals surface area contributed by atoms with Crippen molar-refractivity contribution >= 4 is 0 Å². The van der Waals surface area contributed by atoms with Gasteiger partial charge >= 0.3 is 0 Å². The summed E-state index contributed by atoms with van der Waals surface area (Å²) in [5.41, 5.74) is 0.432. The average Bonchev–Trinajstić information content (AvgIpc) is 2.66. The van der Waals surface area contributed by atoms with E-state index in [1.54, 1.807) is 0 Å². The maximum Gasteiger partial charge on any atom is 0.0274 e. The van der Waals surface area contributed by atoms with E-state index in [0.29, 0.717) is 11.5 Å². The Kier molecular flexibility index (Phi) is 7.00. The van der Waals surface area contributed by atoms with Crippen LogP contribution in [-0.2, 0) is 0 Å². The lowest BCUT2D eigenvalue weighted by Gasteiger charge is -2.42. The van der Waals surface area contributed by atoms with Gasteiger partial charge < -0.3 is 5.32 Å². The van der Waals surface area contributed by atoms with Crippen molar-refractivity contribution < 1.29 is 0 Å². The average molecular weight is 283 g/mol. The van der Waals surface area contributed by atoms with Crippen LogP contribution in [-0.4, -0.2) is 36.1 Å². The molecular weight excluding hydrogens is 244 g/mol. The number of hydrogen-bond donors (Lipinski definition) is 1. The van der Waals surface area contributed by atoms with Crippen LogP contribution in [0, 0.1) is 11.3 Å². The second-order valence-corrected chi connectivity index (χ2v) is 7.69. The summed E-state index contributed by atoms with van der Waals surface area (Å²) in [6.07, 6.45) is 5.26. The first kappa shape index (κ1) is 18.0. The molecule has 0 heterocycles.